The van der Waals surface area contributed by atoms with Gasteiger partial charge in [0.05, 0.1) is 17.5 Å². The van der Waals surface area contributed by atoms with Crippen molar-refractivity contribution >= 4 is 34.5 Å². The number of carbonyl (C=O) groups excluding carboxylic acids is 2. The zero-order valence-corrected chi connectivity index (χ0v) is 24.0. The number of nitrogens with one attached hydrogen (secondary N) is 3. The van der Waals surface area contributed by atoms with E-state index in [1.165, 1.54) is 0 Å². The minimum absolute atomic E-state index is 0.148. The van der Waals surface area contributed by atoms with E-state index in [0.29, 0.717) is 30.1 Å². The van der Waals surface area contributed by atoms with E-state index in [1.54, 1.807) is 32.0 Å². The first-order valence-corrected chi connectivity index (χ1v) is 13.7. The second kappa shape index (κ2) is 14.6. The summed E-state index contributed by atoms with van der Waals surface area (Å²) < 4.78 is 11.2. The molecule has 0 unspecified atom stereocenters. The predicted octanol–water partition coefficient (Wildman–Crippen LogP) is 8.26. The van der Waals surface area contributed by atoms with Crippen molar-refractivity contribution in [2.24, 2.45) is 0 Å². The van der Waals surface area contributed by atoms with Crippen molar-refractivity contribution in [2.45, 2.75) is 53.6 Å². The molecule has 0 atom stereocenters. The lowest BCUT2D eigenvalue weighted by molar-refractivity contribution is 0.103. The number of anilines is 1. The van der Waals surface area contributed by atoms with Gasteiger partial charge in [-0.15, -0.1) is 6.58 Å². The minimum Gasteiger partial charge on any atom is -0.489 e. The van der Waals surface area contributed by atoms with Crippen LogP contribution in [0.25, 0.3) is 17.0 Å². The van der Waals surface area contributed by atoms with Gasteiger partial charge in [0.2, 0.25) is 5.78 Å². The van der Waals surface area contributed by atoms with Crippen molar-refractivity contribution < 1.29 is 19.1 Å². The number of H-pyrrole nitrogens is 2. The largest absolute Gasteiger partial charge is 0.489 e. The van der Waals surface area contributed by atoms with Crippen molar-refractivity contribution in [3.05, 3.63) is 107 Å². The third kappa shape index (κ3) is 7.99. The molecule has 2 heterocycles. The average Bonchev–Trinajstić information content (AvgIpc) is 3.49. The van der Waals surface area contributed by atoms with Gasteiger partial charge >= 0.3 is 6.09 Å². The Morgan fingerprint density at radius 2 is 1.90 bits per heavy atom. The number of aromatic nitrogens is 2. The van der Waals surface area contributed by atoms with Gasteiger partial charge in [0.1, 0.15) is 12.4 Å². The lowest BCUT2D eigenvalue weighted by Crippen LogP contribution is -2.17. The van der Waals surface area contributed by atoms with Crippen LogP contribution in [0.3, 0.4) is 0 Å². The molecule has 210 valence electrons. The maximum Gasteiger partial charge on any atom is 0.411 e. The van der Waals surface area contributed by atoms with E-state index in [2.05, 4.69) is 27.9 Å². The van der Waals surface area contributed by atoms with E-state index < -0.39 is 6.09 Å². The van der Waals surface area contributed by atoms with Gasteiger partial charge in [-0.1, -0.05) is 44.2 Å². The summed E-state index contributed by atoms with van der Waals surface area (Å²) >= 11 is 0. The van der Waals surface area contributed by atoms with Crippen molar-refractivity contribution in [3.8, 4) is 0 Å². The van der Waals surface area contributed by atoms with E-state index in [-0.39, 0.29) is 11.9 Å². The highest BCUT2D eigenvalue weighted by atomic mass is 16.6. The van der Waals surface area contributed by atoms with Gasteiger partial charge in [0.25, 0.3) is 0 Å². The molecule has 0 spiro atoms. The molecule has 0 saturated heterocycles. The van der Waals surface area contributed by atoms with E-state index in [0.717, 1.165) is 39.9 Å². The van der Waals surface area contributed by atoms with Gasteiger partial charge < -0.3 is 19.4 Å². The number of ketones is 1. The second-order valence-electron chi connectivity index (χ2n) is 9.26. The number of allylic oxidation sites excluding steroid dienone is 5. The topological polar surface area (TPSA) is 96.2 Å². The van der Waals surface area contributed by atoms with Gasteiger partial charge in [-0.05, 0) is 80.8 Å². The Hall–Kier alpha value is -4.52. The number of aromatic amines is 2. The van der Waals surface area contributed by atoms with Crippen LogP contribution in [-0.2, 0) is 15.9 Å². The van der Waals surface area contributed by atoms with E-state index in [4.69, 9.17) is 9.47 Å². The summed E-state index contributed by atoms with van der Waals surface area (Å²) in [6, 6.07) is 9.03. The molecule has 0 radical (unpaired) electrons. The summed E-state index contributed by atoms with van der Waals surface area (Å²) in [6.45, 7) is 13.8. The maximum atomic E-state index is 13.3. The van der Waals surface area contributed by atoms with Crippen LogP contribution in [-0.4, -0.2) is 34.6 Å². The Morgan fingerprint density at radius 1 is 1.12 bits per heavy atom. The lowest BCUT2D eigenvalue weighted by Gasteiger charge is -2.09. The zero-order chi connectivity index (χ0) is 29.1. The number of hydrogen-bond acceptors (Lipinski definition) is 4. The quantitative estimate of drug-likeness (QED) is 0.137. The molecule has 0 saturated carbocycles. The molecule has 0 aliphatic heterocycles. The molecule has 0 bridgehead atoms. The molecule has 40 heavy (non-hydrogen) atoms. The average molecular weight is 542 g/mol. The third-order valence-corrected chi connectivity index (χ3v) is 5.87. The number of fused-ring (bicyclic) bond motifs is 2. The van der Waals surface area contributed by atoms with Crippen molar-refractivity contribution in [2.75, 3.05) is 11.9 Å². The third-order valence-electron chi connectivity index (χ3n) is 5.87. The first-order valence-electron chi connectivity index (χ1n) is 13.7. The fourth-order valence-corrected chi connectivity index (χ4v) is 4.15. The second-order valence-corrected chi connectivity index (χ2v) is 9.26. The van der Waals surface area contributed by atoms with Crippen LogP contribution < -0.4 is 5.32 Å². The highest BCUT2D eigenvalue weighted by molar-refractivity contribution is 6.09. The summed E-state index contributed by atoms with van der Waals surface area (Å²) in [5.41, 5.74) is 5.28. The molecule has 3 aromatic rings. The SMILES string of the molecule is C=CC/C=C(\C=C/C)COC1=Cc2cc(C(=O)c3cc4cc(NC(=O)OC(C)C)ccc4[nH]3)[nH]c2CC=C1.CC. The molecule has 1 aliphatic rings. The Kier molecular flexibility index (Phi) is 10.9. The van der Waals surface area contributed by atoms with Gasteiger partial charge in [-0.25, -0.2) is 4.79 Å². The molecule has 1 aliphatic carbocycles. The van der Waals surface area contributed by atoms with Crippen LogP contribution >= 0.6 is 0 Å². The highest BCUT2D eigenvalue weighted by Crippen LogP contribution is 2.25. The molecule has 7 heteroatoms. The summed E-state index contributed by atoms with van der Waals surface area (Å²) in [7, 11) is 0. The number of carbonyl (C=O) groups is 2. The van der Waals surface area contributed by atoms with Crippen LogP contribution in [0.2, 0.25) is 0 Å². The summed E-state index contributed by atoms with van der Waals surface area (Å²) in [5, 5.41) is 3.52. The van der Waals surface area contributed by atoms with Crippen LogP contribution in [0.4, 0.5) is 10.5 Å². The van der Waals surface area contributed by atoms with Crippen molar-refractivity contribution in [1.82, 2.24) is 9.97 Å². The van der Waals surface area contributed by atoms with Crippen LogP contribution in [0, 0.1) is 0 Å². The van der Waals surface area contributed by atoms with Crippen molar-refractivity contribution in [3.63, 3.8) is 0 Å². The Bertz CT molecular complexity index is 1460. The molecule has 2 aromatic heterocycles. The number of hydrogen-bond donors (Lipinski definition) is 3. The van der Waals surface area contributed by atoms with Crippen LogP contribution in [0.5, 0.6) is 0 Å². The number of ether oxygens (including phenoxy) is 2. The summed E-state index contributed by atoms with van der Waals surface area (Å²) in [4.78, 5) is 31.7. The predicted molar refractivity (Wildman–Crippen MR) is 164 cm³/mol. The summed E-state index contributed by atoms with van der Waals surface area (Å²) in [6.07, 6.45) is 14.6. The van der Waals surface area contributed by atoms with E-state index >= 15 is 0 Å². The molecule has 1 amide bonds. The fourth-order valence-electron chi connectivity index (χ4n) is 4.15. The Morgan fingerprint density at radius 3 is 2.62 bits per heavy atom. The highest BCUT2D eigenvalue weighted by Gasteiger charge is 2.18. The summed E-state index contributed by atoms with van der Waals surface area (Å²) in [5.74, 6) is 0.586. The van der Waals surface area contributed by atoms with Gasteiger partial charge in [-0.2, -0.15) is 0 Å². The fraction of sp³-hybridized carbons (Fsp3) is 0.273. The van der Waals surface area contributed by atoms with Crippen molar-refractivity contribution in [1.29, 1.82) is 0 Å². The smallest absolute Gasteiger partial charge is 0.411 e. The van der Waals surface area contributed by atoms with Gasteiger partial charge in [0, 0.05) is 28.7 Å². The molecule has 1 aromatic carbocycles. The number of rotatable bonds is 10. The molecular formula is C33H39N3O4. The number of benzene rings is 1. The number of amides is 1. The standard InChI is InChI=1S/C31H33N3O4.C2H6/c1-5-7-10-21(9-6-2)19-37-25-11-8-12-26-23(16-25)18-29(33-26)30(35)28-17-22-15-24(13-14-27(22)34-28)32-31(36)38-20(3)4;1-2/h5-6,8-11,13-18,20,33-34H,1,7,12,19H2,2-4H3,(H,32,36);1-2H3/b9-6-,21-10+;. The van der Waals surface area contributed by atoms with Gasteiger partial charge in [0.15, 0.2) is 0 Å². The first-order chi connectivity index (χ1) is 19.4. The van der Waals surface area contributed by atoms with Gasteiger partial charge in [-0.3, -0.25) is 10.1 Å². The molecule has 4 rings (SSSR count). The molecule has 0 fully saturated rings. The van der Waals surface area contributed by atoms with Crippen LogP contribution in [0.1, 0.15) is 68.5 Å². The Labute approximate surface area is 236 Å². The Balaban J connectivity index is 0.00000216. The molecule has 7 nitrogen and oxygen atoms in total. The minimum atomic E-state index is -0.518. The van der Waals surface area contributed by atoms with E-state index in [1.807, 2.05) is 69.4 Å². The van der Waals surface area contributed by atoms with Crippen LogP contribution in [0.15, 0.2) is 84.7 Å². The lowest BCUT2D eigenvalue weighted by atomic mass is 10.1. The first kappa shape index (κ1) is 30.0. The monoisotopic (exact) mass is 541 g/mol. The maximum absolute atomic E-state index is 13.3. The van der Waals surface area contributed by atoms with E-state index in [9.17, 15) is 9.59 Å². The molecule has 3 N–H and O–H groups in total. The molecular weight excluding hydrogens is 502 g/mol. The normalized spacial score (nSPS) is 12.8. The zero-order valence-electron chi connectivity index (χ0n) is 24.0.